The largest absolute Gasteiger partial charge is 4.00 e. The van der Waals surface area contributed by atoms with Crippen LogP contribution >= 0.6 is 0 Å². The second kappa shape index (κ2) is 10.8. The molecule has 0 N–H and O–H groups in total. The third-order valence-electron chi connectivity index (χ3n) is 6.85. The predicted molar refractivity (Wildman–Crippen MR) is 147 cm³/mol. The Morgan fingerprint density at radius 3 is 2.38 bits per heavy atom. The monoisotopic (exact) mass is 696 g/mol. The standard InChI is InChI=1S/C30H27N7O.Pt/c1-30(2)27-10-5-6-11-28(27)37(21-35(30)4)24-14-22(29-32-18-31-19-33-29)15-26(17-24)38-25-9-7-8-23(16-25)36-13-12-34(3)20-36;/h5-15,18-21H,1-4H3;/q-4;+4. The fourth-order valence-corrected chi connectivity index (χ4v) is 4.55. The number of aromatic nitrogens is 3. The second-order valence-electron chi connectivity index (χ2n) is 9.74. The normalized spacial score (nSPS) is 16.2. The molecule has 6 rings (SSSR count). The van der Waals surface area contributed by atoms with Crippen LogP contribution in [0.3, 0.4) is 0 Å². The Kier molecular flexibility index (Phi) is 7.43. The first-order valence-electron chi connectivity index (χ1n) is 12.3. The number of hydrogen-bond acceptors (Lipinski definition) is 8. The van der Waals surface area contributed by atoms with E-state index < -0.39 is 0 Å². The van der Waals surface area contributed by atoms with E-state index in [1.807, 2.05) is 66.2 Å². The van der Waals surface area contributed by atoms with Crippen LogP contribution in [0.25, 0.3) is 11.4 Å². The van der Waals surface area contributed by atoms with E-state index in [-0.39, 0.29) is 26.6 Å². The van der Waals surface area contributed by atoms with Crippen LogP contribution in [0.1, 0.15) is 19.4 Å². The topological polar surface area (TPSA) is 60.9 Å². The van der Waals surface area contributed by atoms with Gasteiger partial charge in [-0.1, -0.05) is 23.8 Å². The molecule has 2 aliphatic rings. The molecule has 0 saturated carbocycles. The summed E-state index contributed by atoms with van der Waals surface area (Å²) >= 11 is 0. The number of fused-ring (bicyclic) bond motifs is 1. The number of benzene rings is 3. The van der Waals surface area contributed by atoms with Crippen molar-refractivity contribution in [1.82, 2.24) is 24.8 Å². The van der Waals surface area contributed by atoms with Crippen LogP contribution in [-0.2, 0) is 26.6 Å². The van der Waals surface area contributed by atoms with Crippen LogP contribution in [0.5, 0.6) is 11.5 Å². The summed E-state index contributed by atoms with van der Waals surface area (Å²) in [5.74, 6) is 1.66. The van der Waals surface area contributed by atoms with Gasteiger partial charge >= 0.3 is 21.1 Å². The quantitative estimate of drug-likeness (QED) is 0.246. The van der Waals surface area contributed by atoms with Crippen LogP contribution in [0.2, 0.25) is 0 Å². The molecular formula is C30H27N7OPt. The zero-order valence-electron chi connectivity index (χ0n) is 22.0. The molecule has 4 aromatic rings. The summed E-state index contributed by atoms with van der Waals surface area (Å²) < 4.78 is 6.34. The first-order chi connectivity index (χ1) is 18.4. The molecule has 0 saturated heterocycles. The summed E-state index contributed by atoms with van der Waals surface area (Å²) in [7, 11) is 4.06. The van der Waals surface area contributed by atoms with Gasteiger partial charge < -0.3 is 24.3 Å². The summed E-state index contributed by atoms with van der Waals surface area (Å²) in [5, 5.41) is 0. The molecule has 9 heteroatoms. The Bertz CT molecular complexity index is 1490. The molecule has 0 aliphatic carbocycles. The van der Waals surface area contributed by atoms with Gasteiger partial charge in [-0.2, -0.15) is 19.4 Å². The van der Waals surface area contributed by atoms with Gasteiger partial charge in [0.2, 0.25) is 0 Å². The van der Waals surface area contributed by atoms with Crippen molar-refractivity contribution in [2.45, 2.75) is 19.4 Å². The van der Waals surface area contributed by atoms with Gasteiger partial charge in [0.15, 0.2) is 0 Å². The van der Waals surface area contributed by atoms with Crippen molar-refractivity contribution in [2.24, 2.45) is 0 Å². The molecular weight excluding hydrogens is 669 g/mol. The molecule has 0 fully saturated rings. The maximum absolute atomic E-state index is 6.34. The average Bonchev–Trinajstić information content (AvgIpc) is 3.38. The molecule has 2 aliphatic heterocycles. The zero-order chi connectivity index (χ0) is 26.3. The molecule has 3 aromatic carbocycles. The van der Waals surface area contributed by atoms with Gasteiger partial charge in [0.05, 0.1) is 0 Å². The molecule has 0 unspecified atom stereocenters. The van der Waals surface area contributed by atoms with Crippen molar-refractivity contribution >= 4 is 17.1 Å². The maximum Gasteiger partial charge on any atom is 4.00 e. The SMILES string of the molecule is CN1C=CN(c2[c-]c(Oc3[c-]c(N4[CH-]N(C)C(C)(C)c5ccccc54)cc(-c4ncncn4)c3)ccc2)[CH-]1.[Pt+4]. The van der Waals surface area contributed by atoms with E-state index in [4.69, 9.17) is 4.74 Å². The summed E-state index contributed by atoms with van der Waals surface area (Å²) in [5.41, 5.74) is 4.61. The van der Waals surface area contributed by atoms with Gasteiger partial charge in [-0.25, -0.2) is 15.0 Å². The average molecular weight is 697 g/mol. The van der Waals surface area contributed by atoms with Crippen molar-refractivity contribution in [1.29, 1.82) is 0 Å². The predicted octanol–water partition coefficient (Wildman–Crippen LogP) is 5.71. The van der Waals surface area contributed by atoms with E-state index in [2.05, 4.69) is 88.7 Å². The smallest absolute Gasteiger partial charge is 0.510 e. The summed E-state index contributed by atoms with van der Waals surface area (Å²) in [6, 6.07) is 25.0. The van der Waals surface area contributed by atoms with E-state index in [9.17, 15) is 0 Å². The van der Waals surface area contributed by atoms with E-state index >= 15 is 0 Å². The van der Waals surface area contributed by atoms with Crippen molar-refractivity contribution < 1.29 is 25.8 Å². The van der Waals surface area contributed by atoms with Crippen LogP contribution < -0.4 is 14.5 Å². The third-order valence-corrected chi connectivity index (χ3v) is 6.85. The van der Waals surface area contributed by atoms with E-state index in [1.54, 1.807) is 0 Å². The van der Waals surface area contributed by atoms with Gasteiger partial charge in [0, 0.05) is 22.7 Å². The fourth-order valence-electron chi connectivity index (χ4n) is 4.55. The Labute approximate surface area is 243 Å². The molecule has 0 amide bonds. The zero-order valence-corrected chi connectivity index (χ0v) is 24.3. The Hall–Kier alpha value is -3.74. The molecule has 0 spiro atoms. The Morgan fingerprint density at radius 2 is 1.62 bits per heavy atom. The summed E-state index contributed by atoms with van der Waals surface area (Å²) in [4.78, 5) is 21.0. The summed E-state index contributed by atoms with van der Waals surface area (Å²) in [6.07, 6.45) is 6.94. The number of ether oxygens (including phenoxy) is 1. The first kappa shape index (κ1) is 26.8. The Morgan fingerprint density at radius 1 is 0.846 bits per heavy atom. The number of nitrogens with zero attached hydrogens (tertiary/aromatic N) is 7. The van der Waals surface area contributed by atoms with Gasteiger partial charge in [0.25, 0.3) is 0 Å². The molecule has 0 atom stereocenters. The minimum atomic E-state index is -0.164. The van der Waals surface area contributed by atoms with Crippen LogP contribution in [0, 0.1) is 25.5 Å². The molecule has 0 bridgehead atoms. The number of hydrogen-bond donors (Lipinski definition) is 0. The van der Waals surface area contributed by atoms with Crippen molar-refractivity contribution in [3.05, 3.63) is 111 Å². The van der Waals surface area contributed by atoms with Gasteiger partial charge in [0.1, 0.15) is 18.5 Å². The third kappa shape index (κ3) is 5.27. The maximum atomic E-state index is 6.34. The Balaban J connectivity index is 0.00000308. The van der Waals surface area contributed by atoms with E-state index in [1.165, 1.54) is 18.2 Å². The van der Waals surface area contributed by atoms with Crippen molar-refractivity contribution in [3.63, 3.8) is 0 Å². The summed E-state index contributed by atoms with van der Waals surface area (Å²) in [6.45, 7) is 8.50. The molecule has 0 radical (unpaired) electrons. The van der Waals surface area contributed by atoms with Crippen molar-refractivity contribution in [2.75, 3.05) is 23.9 Å². The number of rotatable bonds is 5. The second-order valence-corrected chi connectivity index (χ2v) is 9.74. The van der Waals surface area contributed by atoms with E-state index in [0.29, 0.717) is 17.3 Å². The minimum Gasteiger partial charge on any atom is -0.510 e. The van der Waals surface area contributed by atoms with Gasteiger partial charge in [-0.15, -0.1) is 47.8 Å². The minimum absolute atomic E-state index is 0. The van der Waals surface area contributed by atoms with Gasteiger partial charge in [-0.05, 0) is 52.0 Å². The van der Waals surface area contributed by atoms with Crippen LogP contribution in [-0.4, -0.2) is 38.8 Å². The molecule has 3 heterocycles. The molecule has 8 nitrogen and oxygen atoms in total. The number of para-hydroxylation sites is 1. The molecule has 39 heavy (non-hydrogen) atoms. The van der Waals surface area contributed by atoms with Crippen molar-refractivity contribution in [3.8, 4) is 22.9 Å². The molecule has 1 aromatic heterocycles. The van der Waals surface area contributed by atoms with Crippen LogP contribution in [0.4, 0.5) is 17.1 Å². The van der Waals surface area contributed by atoms with E-state index in [0.717, 1.165) is 22.6 Å². The number of anilines is 3. The first-order valence-corrected chi connectivity index (χ1v) is 12.3. The fraction of sp³-hybridized carbons (Fsp3) is 0.167. The van der Waals surface area contributed by atoms with Gasteiger partial charge in [-0.3, -0.25) is 0 Å². The molecule has 198 valence electrons. The van der Waals surface area contributed by atoms with Crippen LogP contribution in [0.15, 0.2) is 79.7 Å².